The Kier molecular flexibility index (Phi) is 7.92. The van der Waals surface area contributed by atoms with E-state index in [-0.39, 0.29) is 49.0 Å². The standard InChI is InChI=1S/C20H29N3O3.ClH/c1-14-4-3-5-15(2)23(14)19(24)13-26-18-8-6-16(7-9-18)20(25)22-17-10-11-21-12-17;/h6-9,14-15,17,21H,3-5,10-13H2,1-2H3,(H,22,25);1H. The molecule has 0 aromatic heterocycles. The summed E-state index contributed by atoms with van der Waals surface area (Å²) in [5.74, 6) is 0.562. The number of piperidine rings is 1. The average molecular weight is 396 g/mol. The third-order valence-electron chi connectivity index (χ3n) is 5.36. The van der Waals surface area contributed by atoms with Gasteiger partial charge in [-0.2, -0.15) is 0 Å². The van der Waals surface area contributed by atoms with Gasteiger partial charge in [0.1, 0.15) is 5.75 Å². The molecule has 2 heterocycles. The zero-order valence-electron chi connectivity index (χ0n) is 16.1. The highest BCUT2D eigenvalue weighted by atomic mass is 35.5. The fourth-order valence-corrected chi connectivity index (χ4v) is 3.88. The summed E-state index contributed by atoms with van der Waals surface area (Å²) in [6, 6.07) is 7.71. The Bertz CT molecular complexity index is 622. The van der Waals surface area contributed by atoms with E-state index in [1.165, 1.54) is 6.42 Å². The van der Waals surface area contributed by atoms with Gasteiger partial charge in [-0.3, -0.25) is 9.59 Å². The number of nitrogens with zero attached hydrogens (tertiary/aromatic N) is 1. The third kappa shape index (κ3) is 5.59. The van der Waals surface area contributed by atoms with Crippen molar-refractivity contribution in [1.29, 1.82) is 0 Å². The van der Waals surface area contributed by atoms with Crippen molar-refractivity contribution >= 4 is 24.2 Å². The summed E-state index contributed by atoms with van der Waals surface area (Å²) in [4.78, 5) is 26.7. The molecule has 0 radical (unpaired) electrons. The van der Waals surface area contributed by atoms with Crippen molar-refractivity contribution in [2.45, 2.75) is 57.7 Å². The number of carbonyl (C=O) groups excluding carboxylic acids is 2. The maximum atomic E-state index is 12.5. The quantitative estimate of drug-likeness (QED) is 0.803. The lowest BCUT2D eigenvalue weighted by Gasteiger charge is -2.38. The van der Waals surface area contributed by atoms with Crippen molar-refractivity contribution in [3.63, 3.8) is 0 Å². The first-order chi connectivity index (χ1) is 12.5. The molecule has 0 bridgehead atoms. The van der Waals surface area contributed by atoms with Gasteiger partial charge >= 0.3 is 0 Å². The average Bonchev–Trinajstić information content (AvgIpc) is 3.13. The smallest absolute Gasteiger partial charge is 0.260 e. The van der Waals surface area contributed by atoms with Crippen LogP contribution in [0.15, 0.2) is 24.3 Å². The van der Waals surface area contributed by atoms with Gasteiger partial charge in [0.2, 0.25) is 0 Å². The van der Waals surface area contributed by atoms with E-state index < -0.39 is 0 Å². The van der Waals surface area contributed by atoms with Crippen molar-refractivity contribution < 1.29 is 14.3 Å². The maximum absolute atomic E-state index is 12.5. The maximum Gasteiger partial charge on any atom is 0.260 e. The number of nitrogens with one attached hydrogen (secondary N) is 2. The Morgan fingerprint density at radius 2 is 1.81 bits per heavy atom. The number of hydrogen-bond donors (Lipinski definition) is 2. The molecule has 1 aromatic rings. The lowest BCUT2D eigenvalue weighted by molar-refractivity contribution is -0.139. The van der Waals surface area contributed by atoms with Crippen molar-refractivity contribution in [1.82, 2.24) is 15.5 Å². The first kappa shape index (κ1) is 21.5. The van der Waals surface area contributed by atoms with E-state index >= 15 is 0 Å². The van der Waals surface area contributed by atoms with Crippen LogP contribution in [0.2, 0.25) is 0 Å². The lowest BCUT2D eigenvalue weighted by atomic mass is 9.97. The van der Waals surface area contributed by atoms with Gasteiger partial charge in [0, 0.05) is 30.2 Å². The minimum atomic E-state index is -0.0720. The van der Waals surface area contributed by atoms with Crippen LogP contribution in [0.5, 0.6) is 5.75 Å². The Balaban J connectivity index is 0.00000261. The predicted octanol–water partition coefficient (Wildman–Crippen LogP) is 2.37. The molecule has 2 aliphatic rings. The summed E-state index contributed by atoms with van der Waals surface area (Å²) in [6.45, 7) is 6.00. The van der Waals surface area contributed by atoms with Crippen molar-refractivity contribution in [3.8, 4) is 5.75 Å². The SMILES string of the molecule is CC1CCCC(C)N1C(=O)COc1ccc(C(=O)NC2CCNC2)cc1.Cl. The summed E-state index contributed by atoms with van der Waals surface area (Å²) in [5.41, 5.74) is 0.605. The Hall–Kier alpha value is -1.79. The fraction of sp³-hybridized carbons (Fsp3) is 0.600. The van der Waals surface area contributed by atoms with Crippen LogP contribution in [0.4, 0.5) is 0 Å². The zero-order chi connectivity index (χ0) is 18.5. The number of amides is 2. The third-order valence-corrected chi connectivity index (χ3v) is 5.36. The molecular weight excluding hydrogens is 366 g/mol. The van der Waals surface area contributed by atoms with E-state index in [0.29, 0.717) is 11.3 Å². The zero-order valence-corrected chi connectivity index (χ0v) is 16.9. The number of rotatable bonds is 5. The minimum Gasteiger partial charge on any atom is -0.484 e. The molecule has 7 heteroatoms. The largest absolute Gasteiger partial charge is 0.484 e. The number of ether oxygens (including phenoxy) is 1. The second kappa shape index (κ2) is 9.95. The molecule has 1 aromatic carbocycles. The number of likely N-dealkylation sites (tertiary alicyclic amines) is 1. The van der Waals surface area contributed by atoms with E-state index in [9.17, 15) is 9.59 Å². The van der Waals surface area contributed by atoms with Gasteiger partial charge in [-0.05, 0) is 70.3 Å². The van der Waals surface area contributed by atoms with E-state index in [2.05, 4.69) is 24.5 Å². The molecule has 0 spiro atoms. The predicted molar refractivity (Wildman–Crippen MR) is 108 cm³/mol. The molecule has 6 nitrogen and oxygen atoms in total. The summed E-state index contributed by atoms with van der Waals surface area (Å²) in [6.07, 6.45) is 4.24. The Morgan fingerprint density at radius 1 is 1.15 bits per heavy atom. The van der Waals surface area contributed by atoms with Gasteiger partial charge < -0.3 is 20.3 Å². The van der Waals surface area contributed by atoms with Crippen LogP contribution in [0.3, 0.4) is 0 Å². The molecular formula is C20H30ClN3O3. The molecule has 2 saturated heterocycles. The molecule has 2 amide bonds. The minimum absolute atomic E-state index is 0. The van der Waals surface area contributed by atoms with E-state index in [1.807, 2.05) is 4.90 Å². The molecule has 2 aliphatic heterocycles. The molecule has 27 heavy (non-hydrogen) atoms. The first-order valence-corrected chi connectivity index (χ1v) is 9.60. The summed E-state index contributed by atoms with van der Waals surface area (Å²) < 4.78 is 5.65. The summed E-state index contributed by atoms with van der Waals surface area (Å²) in [5, 5.41) is 6.24. The van der Waals surface area contributed by atoms with Crippen LogP contribution in [0.1, 0.15) is 49.9 Å². The highest BCUT2D eigenvalue weighted by molar-refractivity contribution is 5.94. The van der Waals surface area contributed by atoms with Crippen LogP contribution in [0.25, 0.3) is 0 Å². The molecule has 0 aliphatic carbocycles. The Labute approximate surface area is 167 Å². The van der Waals surface area contributed by atoms with Crippen LogP contribution >= 0.6 is 12.4 Å². The van der Waals surface area contributed by atoms with Crippen LogP contribution < -0.4 is 15.4 Å². The number of hydrogen-bond acceptors (Lipinski definition) is 4. The van der Waals surface area contributed by atoms with Crippen LogP contribution in [0, 0.1) is 0 Å². The van der Waals surface area contributed by atoms with E-state index in [4.69, 9.17) is 4.74 Å². The number of halogens is 1. The molecule has 3 atom stereocenters. The fourth-order valence-electron chi connectivity index (χ4n) is 3.88. The van der Waals surface area contributed by atoms with Crippen molar-refractivity contribution in [2.75, 3.05) is 19.7 Å². The van der Waals surface area contributed by atoms with Gasteiger partial charge in [-0.1, -0.05) is 0 Å². The van der Waals surface area contributed by atoms with Gasteiger partial charge in [0.15, 0.2) is 6.61 Å². The molecule has 0 saturated carbocycles. The molecule has 2 fully saturated rings. The number of benzene rings is 1. The monoisotopic (exact) mass is 395 g/mol. The second-order valence-corrected chi connectivity index (χ2v) is 7.41. The van der Waals surface area contributed by atoms with Crippen molar-refractivity contribution in [3.05, 3.63) is 29.8 Å². The van der Waals surface area contributed by atoms with Gasteiger partial charge in [0.25, 0.3) is 11.8 Å². The molecule has 150 valence electrons. The van der Waals surface area contributed by atoms with Gasteiger partial charge in [-0.25, -0.2) is 0 Å². The van der Waals surface area contributed by atoms with E-state index in [0.717, 1.165) is 32.4 Å². The van der Waals surface area contributed by atoms with Gasteiger partial charge in [0.05, 0.1) is 0 Å². The van der Waals surface area contributed by atoms with Crippen LogP contribution in [-0.2, 0) is 4.79 Å². The normalized spacial score (nSPS) is 24.8. The first-order valence-electron chi connectivity index (χ1n) is 9.60. The topological polar surface area (TPSA) is 70.7 Å². The van der Waals surface area contributed by atoms with E-state index in [1.54, 1.807) is 24.3 Å². The molecule has 3 rings (SSSR count). The molecule has 3 unspecified atom stereocenters. The second-order valence-electron chi connectivity index (χ2n) is 7.41. The van der Waals surface area contributed by atoms with Crippen LogP contribution in [-0.4, -0.2) is 54.5 Å². The van der Waals surface area contributed by atoms with Gasteiger partial charge in [-0.15, -0.1) is 12.4 Å². The highest BCUT2D eigenvalue weighted by Crippen LogP contribution is 2.23. The van der Waals surface area contributed by atoms with Crippen molar-refractivity contribution in [2.24, 2.45) is 0 Å². The summed E-state index contributed by atoms with van der Waals surface area (Å²) >= 11 is 0. The number of carbonyl (C=O) groups is 2. The summed E-state index contributed by atoms with van der Waals surface area (Å²) in [7, 11) is 0. The lowest BCUT2D eigenvalue weighted by Crippen LogP contribution is -2.49. The highest BCUT2D eigenvalue weighted by Gasteiger charge is 2.29. The molecule has 2 N–H and O–H groups in total. The Morgan fingerprint density at radius 3 is 2.41 bits per heavy atom.